The fraction of sp³-hybridized carbons (Fsp3) is 0.111. The largest absolute Gasteiger partial charge is 0.366 e. The lowest BCUT2D eigenvalue weighted by Crippen LogP contribution is -2.31. The second-order valence-corrected chi connectivity index (χ2v) is 6.89. The smallest absolute Gasteiger partial charge is 0.248 e. The lowest BCUT2D eigenvalue weighted by Gasteiger charge is -2.27. The van der Waals surface area contributed by atoms with E-state index in [9.17, 15) is 4.79 Å². The van der Waals surface area contributed by atoms with Gasteiger partial charge in [-0.1, -0.05) is 29.3 Å². The van der Waals surface area contributed by atoms with Crippen LogP contribution in [0.5, 0.6) is 0 Å². The average Bonchev–Trinajstić information content (AvgIpc) is 3.04. The maximum atomic E-state index is 12.1. The van der Waals surface area contributed by atoms with Crippen LogP contribution in [0.2, 0.25) is 10.0 Å². The minimum Gasteiger partial charge on any atom is -0.366 e. The van der Waals surface area contributed by atoms with E-state index >= 15 is 0 Å². The van der Waals surface area contributed by atoms with Gasteiger partial charge in [0.05, 0.1) is 10.6 Å². The van der Waals surface area contributed by atoms with Crippen LogP contribution in [0.15, 0.2) is 54.0 Å². The van der Waals surface area contributed by atoms with Crippen molar-refractivity contribution in [2.75, 3.05) is 5.32 Å². The summed E-state index contributed by atoms with van der Waals surface area (Å²) in [4.78, 5) is 20.8. The Hall–Kier alpha value is -2.90. The van der Waals surface area contributed by atoms with Gasteiger partial charge in [-0.25, -0.2) is 4.68 Å². The molecule has 0 radical (unpaired) electrons. The maximum absolute atomic E-state index is 12.1. The van der Waals surface area contributed by atoms with Crippen molar-refractivity contribution >= 4 is 35.1 Å². The molecule has 1 aromatic carbocycles. The Kier molecular flexibility index (Phi) is 4.33. The monoisotopic (exact) mass is 400 g/mol. The first-order valence-corrected chi connectivity index (χ1v) is 8.81. The Morgan fingerprint density at radius 3 is 2.78 bits per heavy atom. The predicted octanol–water partition coefficient (Wildman–Crippen LogP) is 3.42. The summed E-state index contributed by atoms with van der Waals surface area (Å²) in [6.45, 7) is 1.77. The molecule has 1 aliphatic rings. The average molecular weight is 401 g/mol. The fourth-order valence-corrected chi connectivity index (χ4v) is 3.59. The predicted molar refractivity (Wildman–Crippen MR) is 103 cm³/mol. The van der Waals surface area contributed by atoms with Gasteiger partial charge in [-0.3, -0.25) is 9.78 Å². The Labute approximate surface area is 164 Å². The number of benzene rings is 1. The lowest BCUT2D eigenvalue weighted by atomic mass is 9.97. The topological polar surface area (TPSA) is 98.7 Å². The SMILES string of the molecule is CC1=C(C(N)=O)C(c2cccnc2)n2nc(-c3ccc(Cl)cc3Cl)nc2N1. The van der Waals surface area contributed by atoms with E-state index in [1.165, 1.54) is 0 Å². The van der Waals surface area contributed by atoms with Crippen molar-refractivity contribution in [2.24, 2.45) is 5.73 Å². The van der Waals surface area contributed by atoms with E-state index in [1.807, 2.05) is 6.07 Å². The normalized spacial score (nSPS) is 16.0. The van der Waals surface area contributed by atoms with Crippen molar-refractivity contribution in [1.29, 1.82) is 0 Å². The van der Waals surface area contributed by atoms with Crippen LogP contribution in [0.4, 0.5) is 5.95 Å². The molecule has 1 aliphatic heterocycles. The molecule has 0 fully saturated rings. The van der Waals surface area contributed by atoms with Crippen LogP contribution < -0.4 is 11.1 Å². The summed E-state index contributed by atoms with van der Waals surface area (Å²) in [5.74, 6) is 0.347. The standard InChI is InChI=1S/C18H14Cl2N6O/c1-9-14(16(21)27)15(10-3-2-6-22-8-10)26-18(23-9)24-17(25-26)12-5-4-11(19)7-13(12)20/h2-8,15H,1H3,(H2,21,27)(H,23,24,25). The van der Waals surface area contributed by atoms with E-state index < -0.39 is 11.9 Å². The van der Waals surface area contributed by atoms with Crippen LogP contribution in [0, 0.1) is 0 Å². The van der Waals surface area contributed by atoms with Crippen LogP contribution in [0.3, 0.4) is 0 Å². The number of carbonyl (C=O) groups excluding carboxylic acids is 1. The molecule has 0 saturated carbocycles. The molecule has 0 spiro atoms. The summed E-state index contributed by atoms with van der Waals surface area (Å²) in [5.41, 5.74) is 8.06. The lowest BCUT2D eigenvalue weighted by molar-refractivity contribution is -0.115. The van der Waals surface area contributed by atoms with Crippen molar-refractivity contribution in [3.05, 3.63) is 69.6 Å². The van der Waals surface area contributed by atoms with Gasteiger partial charge in [0.2, 0.25) is 11.9 Å². The number of anilines is 1. The number of carbonyl (C=O) groups is 1. The number of amides is 1. The van der Waals surface area contributed by atoms with E-state index in [4.69, 9.17) is 28.9 Å². The summed E-state index contributed by atoms with van der Waals surface area (Å²) in [6, 6.07) is 8.20. The molecule has 0 aliphatic carbocycles. The maximum Gasteiger partial charge on any atom is 0.248 e. The number of nitrogens with two attached hydrogens (primary N) is 1. The number of hydrogen-bond donors (Lipinski definition) is 2. The molecule has 136 valence electrons. The second kappa shape index (κ2) is 6.68. The molecule has 1 amide bonds. The van der Waals surface area contributed by atoms with Crippen molar-refractivity contribution in [3.63, 3.8) is 0 Å². The second-order valence-electron chi connectivity index (χ2n) is 6.04. The van der Waals surface area contributed by atoms with Crippen molar-refractivity contribution in [2.45, 2.75) is 13.0 Å². The van der Waals surface area contributed by atoms with Gasteiger partial charge in [-0.2, -0.15) is 4.98 Å². The minimum atomic E-state index is -0.542. The summed E-state index contributed by atoms with van der Waals surface area (Å²) in [5, 5.41) is 8.63. The summed E-state index contributed by atoms with van der Waals surface area (Å²) in [7, 11) is 0. The molecule has 0 bridgehead atoms. The first kappa shape index (κ1) is 17.5. The highest BCUT2D eigenvalue weighted by Crippen LogP contribution is 2.37. The summed E-state index contributed by atoms with van der Waals surface area (Å²) < 4.78 is 1.62. The molecule has 1 unspecified atom stereocenters. The third-order valence-electron chi connectivity index (χ3n) is 4.29. The number of hydrogen-bond acceptors (Lipinski definition) is 5. The number of primary amides is 1. The minimum absolute atomic E-state index is 0.397. The zero-order valence-electron chi connectivity index (χ0n) is 14.1. The fourth-order valence-electron chi connectivity index (χ4n) is 3.10. The molecule has 3 N–H and O–H groups in total. The molecule has 9 heteroatoms. The first-order chi connectivity index (χ1) is 13.0. The molecular formula is C18H14Cl2N6O. The van der Waals surface area contributed by atoms with E-state index in [-0.39, 0.29) is 0 Å². The van der Waals surface area contributed by atoms with Crippen LogP contribution >= 0.6 is 23.2 Å². The van der Waals surface area contributed by atoms with E-state index in [0.29, 0.717) is 38.7 Å². The Balaban J connectivity index is 1.89. The molecule has 4 rings (SSSR count). The Morgan fingerprint density at radius 1 is 1.30 bits per heavy atom. The highest BCUT2D eigenvalue weighted by molar-refractivity contribution is 6.36. The quantitative estimate of drug-likeness (QED) is 0.701. The van der Waals surface area contributed by atoms with Gasteiger partial charge >= 0.3 is 0 Å². The summed E-state index contributed by atoms with van der Waals surface area (Å²) in [6.07, 6.45) is 3.33. The molecule has 27 heavy (non-hydrogen) atoms. The van der Waals surface area contributed by atoms with Gasteiger partial charge in [0.25, 0.3) is 0 Å². The molecule has 2 aromatic heterocycles. The highest BCUT2D eigenvalue weighted by atomic mass is 35.5. The van der Waals surface area contributed by atoms with Crippen LogP contribution in [0.1, 0.15) is 18.5 Å². The summed E-state index contributed by atoms with van der Waals surface area (Å²) >= 11 is 12.3. The molecule has 0 saturated heterocycles. The van der Waals surface area contributed by atoms with Gasteiger partial charge < -0.3 is 11.1 Å². The number of rotatable bonds is 3. The number of pyridine rings is 1. The van der Waals surface area contributed by atoms with Crippen LogP contribution in [-0.4, -0.2) is 25.7 Å². The van der Waals surface area contributed by atoms with E-state index in [2.05, 4.69) is 20.4 Å². The van der Waals surface area contributed by atoms with Crippen molar-refractivity contribution < 1.29 is 4.79 Å². The van der Waals surface area contributed by atoms with Gasteiger partial charge in [-0.05, 0) is 36.8 Å². The van der Waals surface area contributed by atoms with Crippen molar-refractivity contribution in [3.8, 4) is 11.4 Å². The molecular weight excluding hydrogens is 387 g/mol. The Morgan fingerprint density at radius 2 is 2.11 bits per heavy atom. The van der Waals surface area contributed by atoms with Crippen LogP contribution in [-0.2, 0) is 4.79 Å². The van der Waals surface area contributed by atoms with Crippen LogP contribution in [0.25, 0.3) is 11.4 Å². The number of aromatic nitrogens is 4. The number of halogens is 2. The third kappa shape index (κ3) is 3.05. The number of allylic oxidation sites excluding steroid dienone is 1. The molecule has 3 heterocycles. The molecule has 3 aromatic rings. The van der Waals surface area contributed by atoms with E-state index in [0.717, 1.165) is 5.56 Å². The van der Waals surface area contributed by atoms with Gasteiger partial charge in [0, 0.05) is 28.7 Å². The first-order valence-electron chi connectivity index (χ1n) is 8.05. The van der Waals surface area contributed by atoms with Gasteiger partial charge in [0.15, 0.2) is 5.82 Å². The molecule has 7 nitrogen and oxygen atoms in total. The zero-order valence-corrected chi connectivity index (χ0v) is 15.7. The number of fused-ring (bicyclic) bond motifs is 1. The Bertz CT molecular complexity index is 1080. The van der Waals surface area contributed by atoms with E-state index in [1.54, 1.807) is 48.3 Å². The molecule has 1 atom stereocenters. The number of nitrogens with one attached hydrogen (secondary N) is 1. The van der Waals surface area contributed by atoms with Gasteiger partial charge in [-0.15, -0.1) is 5.10 Å². The highest BCUT2D eigenvalue weighted by Gasteiger charge is 2.33. The third-order valence-corrected chi connectivity index (χ3v) is 4.84. The van der Waals surface area contributed by atoms with Gasteiger partial charge in [0.1, 0.15) is 6.04 Å². The zero-order chi connectivity index (χ0) is 19.1. The number of nitrogens with zero attached hydrogens (tertiary/aromatic N) is 4. The van der Waals surface area contributed by atoms with Crippen molar-refractivity contribution in [1.82, 2.24) is 19.7 Å².